The lowest BCUT2D eigenvalue weighted by Crippen LogP contribution is -2.46. The fraction of sp³-hybridized carbons (Fsp3) is 0.235. The number of aliphatic imine (C=N–C) groups is 1. The molecular formula is C34H48BN3. The molecule has 0 saturated heterocycles. The summed E-state index contributed by atoms with van der Waals surface area (Å²) in [6, 6.07) is 8.49. The van der Waals surface area contributed by atoms with E-state index in [0.29, 0.717) is 12.0 Å². The quantitative estimate of drug-likeness (QED) is 0.0858. The van der Waals surface area contributed by atoms with Crippen molar-refractivity contribution in [3.63, 3.8) is 0 Å². The van der Waals surface area contributed by atoms with Crippen molar-refractivity contribution in [2.24, 2.45) is 10.1 Å². The Morgan fingerprint density at radius 3 is 1.95 bits per heavy atom. The predicted molar refractivity (Wildman–Crippen MR) is 178 cm³/mol. The number of hydrogen-bond donors (Lipinski definition) is 0. The van der Waals surface area contributed by atoms with Gasteiger partial charge in [-0.2, -0.15) is 5.10 Å². The van der Waals surface area contributed by atoms with E-state index in [-0.39, 0.29) is 6.85 Å². The van der Waals surface area contributed by atoms with Gasteiger partial charge in [0.2, 0.25) is 0 Å². The van der Waals surface area contributed by atoms with E-state index in [1.54, 1.807) is 25.3 Å². The number of hydrogen-bond acceptors (Lipinski definition) is 3. The fourth-order valence-electron chi connectivity index (χ4n) is 2.99. The number of allylic oxidation sites excluding steroid dienone is 12. The van der Waals surface area contributed by atoms with Gasteiger partial charge in [0.05, 0.1) is 17.1 Å². The third-order valence-electron chi connectivity index (χ3n) is 5.10. The second-order valence-electron chi connectivity index (χ2n) is 7.86. The van der Waals surface area contributed by atoms with Crippen molar-refractivity contribution in [1.29, 1.82) is 0 Å². The maximum atomic E-state index is 4.98. The van der Waals surface area contributed by atoms with Crippen LogP contribution >= 0.6 is 0 Å². The summed E-state index contributed by atoms with van der Waals surface area (Å²) in [7, 11) is 1.75. The van der Waals surface area contributed by atoms with Crippen molar-refractivity contribution >= 4 is 23.7 Å². The molecule has 4 heteroatoms. The zero-order chi connectivity index (χ0) is 29.3. The van der Waals surface area contributed by atoms with Gasteiger partial charge in [-0.3, -0.25) is 4.99 Å². The minimum absolute atomic E-state index is 0.0639. The lowest BCUT2D eigenvalue weighted by atomic mass is 9.52. The van der Waals surface area contributed by atoms with Gasteiger partial charge in [0.15, 0.2) is 0 Å². The van der Waals surface area contributed by atoms with Crippen LogP contribution in [0, 0.1) is 6.92 Å². The fourth-order valence-corrected chi connectivity index (χ4v) is 2.99. The van der Waals surface area contributed by atoms with Crippen LogP contribution in [0.3, 0.4) is 0 Å². The molecule has 0 radical (unpaired) electrons. The molecule has 38 heavy (non-hydrogen) atoms. The lowest BCUT2D eigenvalue weighted by Gasteiger charge is -2.29. The molecule has 0 aromatic heterocycles. The van der Waals surface area contributed by atoms with Gasteiger partial charge in [-0.25, -0.2) is 0 Å². The zero-order valence-corrected chi connectivity index (χ0v) is 24.8. The van der Waals surface area contributed by atoms with Crippen molar-refractivity contribution in [2.45, 2.75) is 47.9 Å². The van der Waals surface area contributed by atoms with Crippen molar-refractivity contribution in [2.75, 3.05) is 7.05 Å². The Morgan fingerprint density at radius 1 is 0.921 bits per heavy atom. The standard InChI is InChI=1S/C27H34BN3.C5H8.C2H6/c1-9-12-14-15-23(5)24(6)30-31(25(7)27(29-8)16-13-10-2)28(21-11-3)26-19-17-22(4)18-20-26;1-3-5-4-2;1-2/h9-20H,1-3,7,21H2,4-6,8H3;3-5H,1H2,2H3;1-2H3/b14-12-,16-13-,23-15+,29-27?,30-24+;5-4+;. The molecule has 0 amide bonds. The predicted octanol–water partition coefficient (Wildman–Crippen LogP) is 8.85. The Hall–Kier alpha value is -3.92. The number of hydrazone groups is 1. The van der Waals surface area contributed by atoms with Gasteiger partial charge in [0, 0.05) is 7.05 Å². The van der Waals surface area contributed by atoms with Crippen molar-refractivity contribution in [3.8, 4) is 0 Å². The summed E-state index contributed by atoms with van der Waals surface area (Å²) < 4.78 is 0. The van der Waals surface area contributed by atoms with E-state index in [4.69, 9.17) is 5.10 Å². The van der Waals surface area contributed by atoms with Gasteiger partial charge in [0.25, 0.3) is 0 Å². The molecule has 202 valence electrons. The summed E-state index contributed by atoms with van der Waals surface area (Å²) in [6.45, 7) is 31.2. The zero-order valence-electron chi connectivity index (χ0n) is 24.8. The first-order chi connectivity index (χ1) is 18.3. The van der Waals surface area contributed by atoms with Crippen LogP contribution in [0.15, 0.2) is 145 Å². The molecule has 0 aliphatic heterocycles. The number of benzene rings is 1. The lowest BCUT2D eigenvalue weighted by molar-refractivity contribution is 0.603. The highest BCUT2D eigenvalue weighted by atomic mass is 15.4. The van der Waals surface area contributed by atoms with Crippen LogP contribution in [0.1, 0.15) is 40.2 Å². The first-order valence-corrected chi connectivity index (χ1v) is 13.0. The van der Waals surface area contributed by atoms with E-state index >= 15 is 0 Å². The van der Waals surface area contributed by atoms with Gasteiger partial charge in [0.1, 0.15) is 0 Å². The number of aryl methyl sites for hydroxylation is 1. The summed E-state index contributed by atoms with van der Waals surface area (Å²) in [5.41, 5.74) is 5.74. The topological polar surface area (TPSA) is 28.0 Å². The first-order valence-electron chi connectivity index (χ1n) is 13.0. The summed E-state index contributed by atoms with van der Waals surface area (Å²) in [5, 5.41) is 4.98. The number of nitrogens with zero attached hydrogens (tertiary/aromatic N) is 3. The first kappa shape index (κ1) is 36.2. The molecular weight excluding hydrogens is 461 g/mol. The van der Waals surface area contributed by atoms with E-state index in [1.807, 2.05) is 88.1 Å². The highest BCUT2D eigenvalue weighted by molar-refractivity contribution is 6.71. The molecule has 3 nitrogen and oxygen atoms in total. The summed E-state index contributed by atoms with van der Waals surface area (Å²) in [5.74, 6) is 0. The summed E-state index contributed by atoms with van der Waals surface area (Å²) in [6.07, 6.45) is 21.3. The average Bonchev–Trinajstić information content (AvgIpc) is 2.93. The molecule has 1 aromatic rings. The molecule has 0 unspecified atom stereocenters. The van der Waals surface area contributed by atoms with Gasteiger partial charge < -0.3 is 4.92 Å². The Morgan fingerprint density at radius 2 is 1.50 bits per heavy atom. The largest absolute Gasteiger partial charge is 0.320 e. The van der Waals surface area contributed by atoms with Crippen LogP contribution in [0.5, 0.6) is 0 Å². The third kappa shape index (κ3) is 14.6. The van der Waals surface area contributed by atoms with Crippen LogP contribution in [0.25, 0.3) is 0 Å². The molecule has 0 spiro atoms. The van der Waals surface area contributed by atoms with Gasteiger partial charge >= 0.3 is 6.85 Å². The molecule has 1 rings (SSSR count). The Kier molecular flexibility index (Phi) is 22.4. The van der Waals surface area contributed by atoms with E-state index in [0.717, 1.165) is 22.5 Å². The van der Waals surface area contributed by atoms with Gasteiger partial charge in [-0.15, -0.1) is 6.58 Å². The van der Waals surface area contributed by atoms with Gasteiger partial charge in [-0.05, 0) is 45.7 Å². The van der Waals surface area contributed by atoms with Crippen molar-refractivity contribution in [3.05, 3.63) is 141 Å². The molecule has 0 N–H and O–H groups in total. The molecule has 0 bridgehead atoms. The maximum absolute atomic E-state index is 4.98. The second kappa shape index (κ2) is 23.5. The summed E-state index contributed by atoms with van der Waals surface area (Å²) >= 11 is 0. The molecule has 0 aliphatic carbocycles. The van der Waals surface area contributed by atoms with E-state index < -0.39 is 0 Å². The van der Waals surface area contributed by atoms with Crippen LogP contribution in [-0.4, -0.2) is 30.2 Å². The van der Waals surface area contributed by atoms with Crippen LogP contribution < -0.4 is 5.46 Å². The Balaban J connectivity index is 0. The van der Waals surface area contributed by atoms with Crippen LogP contribution in [-0.2, 0) is 0 Å². The van der Waals surface area contributed by atoms with E-state index in [2.05, 4.69) is 69.1 Å². The van der Waals surface area contributed by atoms with Crippen LogP contribution in [0.4, 0.5) is 0 Å². The normalized spacial score (nSPS) is 11.8. The molecule has 1 aromatic carbocycles. The minimum atomic E-state index is -0.0639. The highest BCUT2D eigenvalue weighted by Gasteiger charge is 2.27. The molecule has 0 atom stereocenters. The monoisotopic (exact) mass is 509 g/mol. The van der Waals surface area contributed by atoms with Crippen LogP contribution in [0.2, 0.25) is 6.32 Å². The molecule has 0 heterocycles. The SMILES string of the molecule is C=C/C=C/C.C=C\C=C/C=C(C)/C(C)=N/N(B(CC=C)c1ccc(C)cc1)C(=C)C(/C=C\C=C)=NC.CC. The average molecular weight is 510 g/mol. The maximum Gasteiger partial charge on any atom is 0.320 e. The smallest absolute Gasteiger partial charge is 0.303 e. The number of rotatable bonds is 13. The van der Waals surface area contributed by atoms with Crippen molar-refractivity contribution in [1.82, 2.24) is 4.92 Å². The highest BCUT2D eigenvalue weighted by Crippen LogP contribution is 2.16. The molecule has 0 aliphatic rings. The van der Waals surface area contributed by atoms with Gasteiger partial charge in [-0.1, -0.05) is 136 Å². The third-order valence-corrected chi connectivity index (χ3v) is 5.10. The van der Waals surface area contributed by atoms with Crippen molar-refractivity contribution < 1.29 is 0 Å². The van der Waals surface area contributed by atoms with E-state index in [1.165, 1.54) is 5.56 Å². The summed E-state index contributed by atoms with van der Waals surface area (Å²) in [4.78, 5) is 6.37. The second-order valence-corrected chi connectivity index (χ2v) is 7.86. The Labute approximate surface area is 234 Å². The van der Waals surface area contributed by atoms with E-state index in [9.17, 15) is 0 Å². The Bertz CT molecular complexity index is 1050. The minimum Gasteiger partial charge on any atom is -0.303 e. The molecule has 0 saturated carbocycles. The molecule has 0 fully saturated rings.